The smallest absolute Gasteiger partial charge is 0.305 e. The summed E-state index contributed by atoms with van der Waals surface area (Å²) in [5.74, 6) is -8.67. The average Bonchev–Trinajstić information content (AvgIpc) is 2.71. The summed E-state index contributed by atoms with van der Waals surface area (Å²) in [5, 5.41) is 0. The molecular weight excluding hydrogens is 382 g/mol. The lowest BCUT2D eigenvalue weighted by molar-refractivity contribution is -0.144. The molecule has 0 atom stereocenters. The summed E-state index contributed by atoms with van der Waals surface area (Å²) in [6.45, 7) is 1.01. The van der Waals surface area contributed by atoms with Crippen LogP contribution in [0.2, 0.25) is 0 Å². The molecule has 2 aromatic carbocycles. The SMILES string of the molecule is CCC(=O)OCc1ccccc1.NCC(=O)COc1c(F)c(F)cc(F)c1F. The van der Waals surface area contributed by atoms with Gasteiger partial charge in [-0.05, 0) is 5.56 Å². The van der Waals surface area contributed by atoms with E-state index in [1.807, 2.05) is 30.3 Å². The molecule has 0 fully saturated rings. The van der Waals surface area contributed by atoms with Gasteiger partial charge in [-0.1, -0.05) is 37.3 Å². The maximum atomic E-state index is 12.9. The Morgan fingerprint density at radius 2 is 1.57 bits per heavy atom. The van der Waals surface area contributed by atoms with Crippen LogP contribution in [0.5, 0.6) is 5.75 Å². The van der Waals surface area contributed by atoms with Crippen molar-refractivity contribution >= 4 is 11.8 Å². The van der Waals surface area contributed by atoms with Gasteiger partial charge in [0.05, 0.1) is 6.54 Å². The van der Waals surface area contributed by atoms with Crippen molar-refractivity contribution in [2.24, 2.45) is 5.73 Å². The Hall–Kier alpha value is -2.94. The van der Waals surface area contributed by atoms with Crippen LogP contribution in [0, 0.1) is 23.3 Å². The van der Waals surface area contributed by atoms with E-state index in [2.05, 4.69) is 4.74 Å². The van der Waals surface area contributed by atoms with Crippen LogP contribution in [0.3, 0.4) is 0 Å². The molecule has 2 rings (SSSR count). The first kappa shape index (κ1) is 23.1. The van der Waals surface area contributed by atoms with Crippen molar-refractivity contribution in [1.29, 1.82) is 0 Å². The molecule has 0 aliphatic heterocycles. The second-order valence-electron chi connectivity index (χ2n) is 5.33. The predicted molar refractivity (Wildman–Crippen MR) is 92.4 cm³/mol. The Balaban J connectivity index is 0.000000292. The van der Waals surface area contributed by atoms with Gasteiger partial charge in [0, 0.05) is 12.5 Å². The van der Waals surface area contributed by atoms with Crippen molar-refractivity contribution < 1.29 is 36.6 Å². The summed E-state index contributed by atoms with van der Waals surface area (Å²) in [5.41, 5.74) is 5.93. The number of Topliss-reactive ketones (excluding diaryl/α,β-unsaturated/α-hetero) is 1. The van der Waals surface area contributed by atoms with Crippen molar-refractivity contribution in [1.82, 2.24) is 0 Å². The van der Waals surface area contributed by atoms with Gasteiger partial charge in [0.25, 0.3) is 0 Å². The van der Waals surface area contributed by atoms with Crippen LogP contribution in [0.4, 0.5) is 17.6 Å². The Labute approximate surface area is 159 Å². The van der Waals surface area contributed by atoms with Gasteiger partial charge in [0.1, 0.15) is 13.2 Å². The average molecular weight is 401 g/mol. The fourth-order valence-electron chi connectivity index (χ4n) is 1.73. The third-order valence-electron chi connectivity index (χ3n) is 3.21. The molecular formula is C19H19F4NO4. The number of carbonyl (C=O) groups is 2. The van der Waals surface area contributed by atoms with E-state index in [0.29, 0.717) is 13.0 Å². The lowest BCUT2D eigenvalue weighted by Gasteiger charge is -2.08. The zero-order valence-electron chi connectivity index (χ0n) is 15.0. The van der Waals surface area contributed by atoms with Crippen LogP contribution in [0.1, 0.15) is 18.9 Å². The Morgan fingerprint density at radius 1 is 1.00 bits per heavy atom. The molecule has 0 heterocycles. The maximum absolute atomic E-state index is 12.9. The molecule has 152 valence electrons. The first-order chi connectivity index (χ1) is 13.3. The molecule has 0 amide bonds. The van der Waals surface area contributed by atoms with Gasteiger partial charge in [-0.15, -0.1) is 0 Å². The molecule has 2 N–H and O–H groups in total. The van der Waals surface area contributed by atoms with Gasteiger partial charge in [0.15, 0.2) is 23.2 Å². The molecule has 0 aliphatic rings. The topological polar surface area (TPSA) is 78.6 Å². The fourth-order valence-corrected chi connectivity index (χ4v) is 1.73. The second-order valence-corrected chi connectivity index (χ2v) is 5.33. The number of nitrogens with two attached hydrogens (primary N) is 1. The third kappa shape index (κ3) is 7.36. The van der Waals surface area contributed by atoms with Crippen molar-refractivity contribution in [3.63, 3.8) is 0 Å². The number of halogens is 4. The summed E-state index contributed by atoms with van der Waals surface area (Å²) in [7, 11) is 0. The quantitative estimate of drug-likeness (QED) is 0.438. The van der Waals surface area contributed by atoms with E-state index in [1.165, 1.54) is 0 Å². The molecule has 9 heteroatoms. The molecule has 0 spiro atoms. The van der Waals surface area contributed by atoms with E-state index >= 15 is 0 Å². The maximum Gasteiger partial charge on any atom is 0.305 e. The number of ketones is 1. The van der Waals surface area contributed by atoms with E-state index in [0.717, 1.165) is 5.56 Å². The van der Waals surface area contributed by atoms with Crippen LogP contribution in [0.25, 0.3) is 0 Å². The number of rotatable bonds is 7. The fraction of sp³-hybridized carbons (Fsp3) is 0.263. The summed E-state index contributed by atoms with van der Waals surface area (Å²) < 4.78 is 60.5. The van der Waals surface area contributed by atoms with Crippen LogP contribution in [-0.4, -0.2) is 24.9 Å². The summed E-state index contributed by atoms with van der Waals surface area (Å²) in [6.07, 6.45) is 0.437. The number of hydrogen-bond acceptors (Lipinski definition) is 5. The van der Waals surface area contributed by atoms with Crippen LogP contribution in [-0.2, 0) is 20.9 Å². The van der Waals surface area contributed by atoms with E-state index < -0.39 is 48.0 Å². The van der Waals surface area contributed by atoms with Gasteiger partial charge in [0.2, 0.25) is 11.6 Å². The van der Waals surface area contributed by atoms with Crippen molar-refractivity contribution in [3.05, 3.63) is 65.2 Å². The van der Waals surface area contributed by atoms with Gasteiger partial charge in [-0.25, -0.2) is 8.78 Å². The molecule has 5 nitrogen and oxygen atoms in total. The molecule has 0 saturated heterocycles. The Kier molecular flexibility index (Phi) is 9.66. The third-order valence-corrected chi connectivity index (χ3v) is 3.21. The molecule has 0 aromatic heterocycles. The highest BCUT2D eigenvalue weighted by molar-refractivity contribution is 5.81. The first-order valence-corrected chi connectivity index (χ1v) is 8.17. The van der Waals surface area contributed by atoms with E-state index in [-0.39, 0.29) is 12.0 Å². The van der Waals surface area contributed by atoms with Crippen LogP contribution >= 0.6 is 0 Å². The lowest BCUT2D eigenvalue weighted by Crippen LogP contribution is -2.21. The molecule has 0 aliphatic carbocycles. The number of esters is 1. The highest BCUT2D eigenvalue weighted by atomic mass is 19.2. The van der Waals surface area contributed by atoms with Crippen LogP contribution in [0.15, 0.2) is 36.4 Å². The largest absolute Gasteiger partial charge is 0.479 e. The van der Waals surface area contributed by atoms with Gasteiger partial charge in [-0.3, -0.25) is 9.59 Å². The van der Waals surface area contributed by atoms with Gasteiger partial charge < -0.3 is 15.2 Å². The molecule has 0 unspecified atom stereocenters. The molecule has 2 aromatic rings. The van der Waals surface area contributed by atoms with E-state index in [4.69, 9.17) is 10.5 Å². The minimum Gasteiger partial charge on any atom is -0.479 e. The Bertz CT molecular complexity index is 774. The normalized spacial score (nSPS) is 9.93. The van der Waals surface area contributed by atoms with Crippen molar-refractivity contribution in [3.8, 4) is 5.75 Å². The predicted octanol–water partition coefficient (Wildman–Crippen LogP) is 3.29. The highest BCUT2D eigenvalue weighted by Gasteiger charge is 2.21. The number of ether oxygens (including phenoxy) is 2. The van der Waals surface area contributed by atoms with Gasteiger partial charge >= 0.3 is 5.97 Å². The van der Waals surface area contributed by atoms with E-state index in [9.17, 15) is 27.2 Å². The monoisotopic (exact) mass is 401 g/mol. The number of hydrogen-bond donors (Lipinski definition) is 1. The van der Waals surface area contributed by atoms with Crippen molar-refractivity contribution in [2.45, 2.75) is 20.0 Å². The number of carbonyl (C=O) groups excluding carboxylic acids is 2. The minimum absolute atomic E-state index is 0.0439. The molecule has 0 radical (unpaired) electrons. The lowest BCUT2D eigenvalue weighted by atomic mass is 10.2. The second kappa shape index (κ2) is 11.7. The molecule has 28 heavy (non-hydrogen) atoms. The molecule has 0 bridgehead atoms. The highest BCUT2D eigenvalue weighted by Crippen LogP contribution is 2.26. The molecule has 0 saturated carbocycles. The Morgan fingerprint density at radius 3 is 2.07 bits per heavy atom. The zero-order valence-corrected chi connectivity index (χ0v) is 15.0. The van der Waals surface area contributed by atoms with Gasteiger partial charge in [-0.2, -0.15) is 8.78 Å². The van der Waals surface area contributed by atoms with Crippen molar-refractivity contribution in [2.75, 3.05) is 13.2 Å². The summed E-state index contributed by atoms with van der Waals surface area (Å²) in [4.78, 5) is 21.5. The minimum atomic E-state index is -1.69. The summed E-state index contributed by atoms with van der Waals surface area (Å²) >= 11 is 0. The summed E-state index contributed by atoms with van der Waals surface area (Å²) in [6, 6.07) is 9.70. The van der Waals surface area contributed by atoms with E-state index in [1.54, 1.807) is 6.92 Å². The standard InChI is InChI=1S/C10H12O2.C9H7F4NO2/c1-2-10(11)12-8-9-6-4-3-5-7-9;10-5-1-6(11)8(13)9(7(5)12)16-3-4(15)2-14/h3-7H,2,8H2,1H3;1H,2-3,14H2. The first-order valence-electron chi connectivity index (χ1n) is 8.17. The zero-order chi connectivity index (χ0) is 21.1. The number of benzene rings is 2. The van der Waals surface area contributed by atoms with Crippen LogP contribution < -0.4 is 10.5 Å².